The molecule has 2 N–H and O–H groups in total. The molecule has 0 saturated carbocycles. The number of pyridine rings is 1. The summed E-state index contributed by atoms with van der Waals surface area (Å²) in [5.74, 6) is -0.319. The Bertz CT molecular complexity index is 1000. The smallest absolute Gasteiger partial charge is 0.274 e. The molecule has 0 aliphatic heterocycles. The Labute approximate surface area is 162 Å². The third-order valence-corrected chi connectivity index (χ3v) is 4.39. The van der Waals surface area contributed by atoms with Gasteiger partial charge < -0.3 is 10.6 Å². The van der Waals surface area contributed by atoms with Crippen molar-refractivity contribution in [3.63, 3.8) is 0 Å². The first-order valence-corrected chi connectivity index (χ1v) is 8.72. The summed E-state index contributed by atoms with van der Waals surface area (Å²) in [7, 11) is 0. The van der Waals surface area contributed by atoms with Crippen LogP contribution < -0.4 is 10.6 Å². The van der Waals surface area contributed by atoms with E-state index in [2.05, 4.69) is 15.6 Å². The van der Waals surface area contributed by atoms with E-state index < -0.39 is 0 Å². The third kappa shape index (κ3) is 4.71. The van der Waals surface area contributed by atoms with E-state index in [1.165, 1.54) is 6.92 Å². The lowest BCUT2D eigenvalue weighted by Crippen LogP contribution is -2.13. The molecule has 3 rings (SSSR count). The van der Waals surface area contributed by atoms with Crippen molar-refractivity contribution < 1.29 is 9.59 Å². The maximum atomic E-state index is 12.3. The number of halogens is 1. The van der Waals surface area contributed by atoms with Crippen LogP contribution in [0.25, 0.3) is 0 Å². The van der Waals surface area contributed by atoms with Crippen molar-refractivity contribution in [3.8, 4) is 0 Å². The molecule has 0 saturated heterocycles. The Hall–Kier alpha value is -3.18. The van der Waals surface area contributed by atoms with E-state index in [-0.39, 0.29) is 17.4 Å². The fraction of sp³-hybridized carbons (Fsp3) is 0.0952. The average Bonchev–Trinajstić information content (AvgIpc) is 2.65. The minimum absolute atomic E-state index is 0.00000290. The maximum absolute atomic E-state index is 12.3. The number of amides is 1. The number of hydrogen-bond donors (Lipinski definition) is 2. The Morgan fingerprint density at radius 3 is 2.41 bits per heavy atom. The Morgan fingerprint density at radius 1 is 0.963 bits per heavy atom. The summed E-state index contributed by atoms with van der Waals surface area (Å²) in [6.45, 7) is 3.42. The first-order chi connectivity index (χ1) is 12.9. The van der Waals surface area contributed by atoms with E-state index in [1.54, 1.807) is 48.7 Å². The zero-order valence-electron chi connectivity index (χ0n) is 14.9. The highest BCUT2D eigenvalue weighted by Crippen LogP contribution is 2.21. The summed E-state index contributed by atoms with van der Waals surface area (Å²) >= 11 is 6.08. The molecule has 0 unspecified atom stereocenters. The van der Waals surface area contributed by atoms with Gasteiger partial charge in [-0.1, -0.05) is 29.8 Å². The summed E-state index contributed by atoms with van der Waals surface area (Å²) in [6, 6.07) is 15.9. The number of Topliss-reactive ketones (excluding diaryl/α,β-unsaturated/α-hetero) is 1. The van der Waals surface area contributed by atoms with Gasteiger partial charge in [0.05, 0.1) is 11.9 Å². The van der Waals surface area contributed by atoms with E-state index >= 15 is 0 Å². The van der Waals surface area contributed by atoms with Crippen LogP contribution >= 0.6 is 11.6 Å². The molecule has 136 valence electrons. The van der Waals surface area contributed by atoms with Crippen LogP contribution in [0.2, 0.25) is 5.02 Å². The van der Waals surface area contributed by atoms with E-state index in [0.717, 1.165) is 11.3 Å². The van der Waals surface area contributed by atoms with Crippen molar-refractivity contribution in [1.29, 1.82) is 0 Å². The zero-order valence-corrected chi connectivity index (χ0v) is 15.7. The standard InChI is InChI=1S/C21H18ClN3O2/c1-13-6-7-17(11-19(13)22)25-21(27)20-9-8-18(12-23-20)24-16-5-3-4-15(10-16)14(2)26/h3-12,24H,1-2H3,(H,25,27). The number of nitrogens with one attached hydrogen (secondary N) is 2. The van der Waals surface area contributed by atoms with Crippen molar-refractivity contribution in [2.45, 2.75) is 13.8 Å². The second-order valence-corrected chi connectivity index (χ2v) is 6.52. The number of anilines is 3. The van der Waals surface area contributed by atoms with Crippen molar-refractivity contribution in [3.05, 3.63) is 82.6 Å². The number of aryl methyl sites for hydroxylation is 1. The molecule has 1 aromatic heterocycles. The third-order valence-electron chi connectivity index (χ3n) is 3.98. The fourth-order valence-corrected chi connectivity index (χ4v) is 2.63. The van der Waals surface area contributed by atoms with Gasteiger partial charge in [0, 0.05) is 22.0 Å². The van der Waals surface area contributed by atoms with Crippen LogP contribution in [-0.4, -0.2) is 16.7 Å². The Morgan fingerprint density at radius 2 is 1.74 bits per heavy atom. The van der Waals surface area contributed by atoms with Gasteiger partial charge in [-0.3, -0.25) is 9.59 Å². The summed E-state index contributed by atoms with van der Waals surface area (Å²) < 4.78 is 0. The van der Waals surface area contributed by atoms with E-state index in [0.29, 0.717) is 22.0 Å². The van der Waals surface area contributed by atoms with Gasteiger partial charge in [0.15, 0.2) is 5.78 Å². The SMILES string of the molecule is CC(=O)c1cccc(Nc2ccc(C(=O)Nc3ccc(C)c(Cl)c3)nc2)c1. The summed E-state index contributed by atoms with van der Waals surface area (Å²) in [4.78, 5) is 28.0. The van der Waals surface area contributed by atoms with Crippen molar-refractivity contribution in [2.75, 3.05) is 10.6 Å². The molecule has 5 nitrogen and oxygen atoms in total. The quantitative estimate of drug-likeness (QED) is 0.594. The monoisotopic (exact) mass is 379 g/mol. The molecule has 0 fully saturated rings. The largest absolute Gasteiger partial charge is 0.354 e. The molecule has 1 amide bonds. The Balaban J connectivity index is 1.69. The summed E-state index contributed by atoms with van der Waals surface area (Å²) in [5.41, 5.74) is 3.95. The van der Waals surface area contributed by atoms with Crippen LogP contribution in [0.4, 0.5) is 17.1 Å². The van der Waals surface area contributed by atoms with E-state index in [1.807, 2.05) is 19.1 Å². The van der Waals surface area contributed by atoms with Crippen molar-refractivity contribution in [2.24, 2.45) is 0 Å². The highest BCUT2D eigenvalue weighted by Gasteiger charge is 2.09. The number of aromatic nitrogens is 1. The number of benzene rings is 2. The van der Waals surface area contributed by atoms with Gasteiger partial charge in [-0.15, -0.1) is 0 Å². The highest BCUT2D eigenvalue weighted by atomic mass is 35.5. The molecule has 3 aromatic rings. The van der Waals surface area contributed by atoms with Crippen LogP contribution in [0, 0.1) is 6.92 Å². The lowest BCUT2D eigenvalue weighted by Gasteiger charge is -2.09. The number of rotatable bonds is 5. The molecule has 0 aliphatic rings. The topological polar surface area (TPSA) is 71.1 Å². The van der Waals surface area contributed by atoms with Gasteiger partial charge in [0.2, 0.25) is 0 Å². The lowest BCUT2D eigenvalue weighted by molar-refractivity contribution is 0.101. The van der Waals surface area contributed by atoms with E-state index in [9.17, 15) is 9.59 Å². The fourth-order valence-electron chi connectivity index (χ4n) is 2.45. The second kappa shape index (κ2) is 8.01. The molecule has 0 atom stereocenters. The van der Waals surface area contributed by atoms with Gasteiger partial charge in [0.25, 0.3) is 5.91 Å². The van der Waals surface area contributed by atoms with Crippen molar-refractivity contribution >= 4 is 40.4 Å². The molecule has 0 spiro atoms. The summed E-state index contributed by atoms with van der Waals surface area (Å²) in [5, 5.41) is 6.53. The zero-order chi connectivity index (χ0) is 19.4. The van der Waals surface area contributed by atoms with Crippen LogP contribution in [0.15, 0.2) is 60.8 Å². The van der Waals surface area contributed by atoms with Gasteiger partial charge >= 0.3 is 0 Å². The number of hydrogen-bond acceptors (Lipinski definition) is 4. The van der Waals surface area contributed by atoms with Crippen LogP contribution in [0.5, 0.6) is 0 Å². The first kappa shape index (κ1) is 18.6. The predicted octanol–water partition coefficient (Wildman–Crippen LogP) is 5.24. The Kier molecular flexibility index (Phi) is 5.52. The highest BCUT2D eigenvalue weighted by molar-refractivity contribution is 6.31. The maximum Gasteiger partial charge on any atom is 0.274 e. The van der Waals surface area contributed by atoms with Gasteiger partial charge in [-0.2, -0.15) is 0 Å². The van der Waals surface area contributed by atoms with Gasteiger partial charge in [-0.25, -0.2) is 4.98 Å². The summed E-state index contributed by atoms with van der Waals surface area (Å²) in [6.07, 6.45) is 1.57. The molecule has 27 heavy (non-hydrogen) atoms. The first-order valence-electron chi connectivity index (χ1n) is 8.34. The molecule has 0 aliphatic carbocycles. The number of ketones is 1. The van der Waals surface area contributed by atoms with Gasteiger partial charge in [-0.05, 0) is 55.8 Å². The predicted molar refractivity (Wildman–Crippen MR) is 108 cm³/mol. The second-order valence-electron chi connectivity index (χ2n) is 6.11. The normalized spacial score (nSPS) is 10.3. The van der Waals surface area contributed by atoms with Gasteiger partial charge in [0.1, 0.15) is 5.69 Å². The number of nitrogens with zero attached hydrogens (tertiary/aromatic N) is 1. The minimum atomic E-state index is -0.319. The number of carbonyl (C=O) groups excluding carboxylic acids is 2. The minimum Gasteiger partial charge on any atom is -0.354 e. The van der Waals surface area contributed by atoms with Crippen LogP contribution in [0.3, 0.4) is 0 Å². The molecular weight excluding hydrogens is 362 g/mol. The number of carbonyl (C=O) groups is 2. The van der Waals surface area contributed by atoms with Crippen LogP contribution in [-0.2, 0) is 0 Å². The molecule has 1 heterocycles. The van der Waals surface area contributed by atoms with Crippen LogP contribution in [0.1, 0.15) is 33.3 Å². The van der Waals surface area contributed by atoms with E-state index in [4.69, 9.17) is 11.6 Å². The molecule has 6 heteroatoms. The lowest BCUT2D eigenvalue weighted by atomic mass is 10.1. The molecule has 2 aromatic carbocycles. The van der Waals surface area contributed by atoms with Crippen molar-refractivity contribution in [1.82, 2.24) is 4.98 Å². The molecule has 0 radical (unpaired) electrons. The molecular formula is C21H18ClN3O2. The average molecular weight is 380 g/mol. The molecule has 0 bridgehead atoms.